The maximum atomic E-state index is 11.2. The van der Waals surface area contributed by atoms with Gasteiger partial charge in [-0.05, 0) is 6.92 Å². The lowest BCUT2D eigenvalue weighted by atomic mass is 10.1. The van der Waals surface area contributed by atoms with E-state index in [2.05, 4.69) is 0 Å². The number of carbonyl (C=O) groups excluding carboxylic acids is 1. The summed E-state index contributed by atoms with van der Waals surface area (Å²) in [5, 5.41) is 8.91. The second-order valence-electron chi connectivity index (χ2n) is 3.21. The first kappa shape index (κ1) is 10.3. The maximum Gasteiger partial charge on any atom is 0.409 e. The van der Waals surface area contributed by atoms with Gasteiger partial charge in [0, 0.05) is 31.7 Å². The number of aliphatic hydroxyl groups is 1. The third kappa shape index (κ3) is 2.32. The molecule has 5 heteroatoms. The highest BCUT2D eigenvalue weighted by Gasteiger charge is 2.32. The third-order valence-corrected chi connectivity index (χ3v) is 2.25. The first-order valence-electron chi connectivity index (χ1n) is 4.47. The van der Waals surface area contributed by atoms with Crippen LogP contribution in [-0.4, -0.2) is 48.4 Å². The Hall–Kier alpha value is -0.810. The van der Waals surface area contributed by atoms with E-state index in [4.69, 9.17) is 15.6 Å². The highest BCUT2D eigenvalue weighted by Crippen LogP contribution is 2.15. The van der Waals surface area contributed by atoms with Gasteiger partial charge in [0.25, 0.3) is 0 Å². The molecule has 1 aliphatic rings. The van der Waals surface area contributed by atoms with Crippen molar-refractivity contribution in [2.24, 2.45) is 11.7 Å². The average Bonchev–Trinajstić information content (AvgIpc) is 2.47. The molecule has 0 radical (unpaired) electrons. The first-order valence-corrected chi connectivity index (χ1v) is 4.47. The second kappa shape index (κ2) is 4.43. The first-order chi connectivity index (χ1) is 6.19. The van der Waals surface area contributed by atoms with Gasteiger partial charge in [-0.2, -0.15) is 0 Å². The number of nitrogens with two attached hydrogens (primary N) is 1. The van der Waals surface area contributed by atoms with Crippen LogP contribution in [0.1, 0.15) is 6.92 Å². The summed E-state index contributed by atoms with van der Waals surface area (Å²) in [5.74, 6) is -0.00981. The molecule has 0 spiro atoms. The summed E-state index contributed by atoms with van der Waals surface area (Å²) in [5.41, 5.74) is 5.70. The topological polar surface area (TPSA) is 75.8 Å². The number of rotatable bonds is 2. The molecular formula is C8H16N2O3. The van der Waals surface area contributed by atoms with Gasteiger partial charge in [0.2, 0.25) is 0 Å². The Kier molecular flexibility index (Phi) is 3.50. The molecule has 1 aliphatic heterocycles. The van der Waals surface area contributed by atoms with Gasteiger partial charge in [-0.3, -0.25) is 0 Å². The number of carbonyl (C=O) groups is 1. The monoisotopic (exact) mass is 188 g/mol. The zero-order chi connectivity index (χ0) is 9.84. The number of hydrogen-bond acceptors (Lipinski definition) is 4. The quantitative estimate of drug-likeness (QED) is 0.606. The summed E-state index contributed by atoms with van der Waals surface area (Å²) in [6.45, 7) is 3.13. The fourth-order valence-electron chi connectivity index (χ4n) is 1.45. The fraction of sp³-hybridized carbons (Fsp3) is 0.875. The minimum Gasteiger partial charge on any atom is -0.450 e. The molecule has 0 aromatic carbocycles. The summed E-state index contributed by atoms with van der Waals surface area (Å²) in [6.07, 6.45) is -0.339. The standard InChI is InChI=1S/C8H16N2O3/c1-2-13-8(12)10-3-6(5-11)7(9)4-10/h6-7,11H,2-5,9H2,1H3. The van der Waals surface area contributed by atoms with Gasteiger partial charge >= 0.3 is 6.09 Å². The number of hydrogen-bond donors (Lipinski definition) is 2. The summed E-state index contributed by atoms with van der Waals surface area (Å²) >= 11 is 0. The largest absolute Gasteiger partial charge is 0.450 e. The van der Waals surface area contributed by atoms with Crippen LogP contribution >= 0.6 is 0 Å². The molecule has 2 atom stereocenters. The normalized spacial score (nSPS) is 27.8. The highest BCUT2D eigenvalue weighted by atomic mass is 16.6. The Morgan fingerprint density at radius 3 is 2.85 bits per heavy atom. The van der Waals surface area contributed by atoms with Crippen molar-refractivity contribution >= 4 is 6.09 Å². The number of likely N-dealkylation sites (tertiary alicyclic amines) is 1. The second-order valence-corrected chi connectivity index (χ2v) is 3.21. The SMILES string of the molecule is CCOC(=O)N1CC(N)C(CO)C1. The molecule has 0 aliphatic carbocycles. The molecule has 2 unspecified atom stereocenters. The lowest BCUT2D eigenvalue weighted by Gasteiger charge is -2.14. The Morgan fingerprint density at radius 2 is 2.38 bits per heavy atom. The van der Waals surface area contributed by atoms with Gasteiger partial charge in [0.15, 0.2) is 0 Å². The number of amides is 1. The van der Waals surface area contributed by atoms with Crippen LogP contribution in [0.25, 0.3) is 0 Å². The molecule has 1 fully saturated rings. The smallest absolute Gasteiger partial charge is 0.409 e. The zero-order valence-corrected chi connectivity index (χ0v) is 7.77. The molecule has 1 saturated heterocycles. The Balaban J connectivity index is 2.43. The van der Waals surface area contributed by atoms with E-state index in [0.717, 1.165) is 0 Å². The predicted molar refractivity (Wildman–Crippen MR) is 47.1 cm³/mol. The molecule has 3 N–H and O–H groups in total. The number of ether oxygens (including phenoxy) is 1. The van der Waals surface area contributed by atoms with Crippen LogP contribution in [-0.2, 0) is 4.74 Å². The highest BCUT2D eigenvalue weighted by molar-refractivity contribution is 5.68. The van der Waals surface area contributed by atoms with Gasteiger partial charge in [-0.1, -0.05) is 0 Å². The molecule has 1 amide bonds. The van der Waals surface area contributed by atoms with Crippen molar-refractivity contribution in [1.29, 1.82) is 0 Å². The van der Waals surface area contributed by atoms with E-state index in [1.165, 1.54) is 4.90 Å². The lowest BCUT2D eigenvalue weighted by Crippen LogP contribution is -2.33. The zero-order valence-electron chi connectivity index (χ0n) is 7.77. The van der Waals surface area contributed by atoms with E-state index >= 15 is 0 Å². The number of nitrogens with zero attached hydrogens (tertiary/aromatic N) is 1. The molecule has 0 bridgehead atoms. The van der Waals surface area contributed by atoms with Gasteiger partial charge in [0.05, 0.1) is 6.61 Å². The third-order valence-electron chi connectivity index (χ3n) is 2.25. The van der Waals surface area contributed by atoms with Crippen molar-refractivity contribution in [2.75, 3.05) is 26.3 Å². The molecule has 0 aromatic rings. The van der Waals surface area contributed by atoms with Crippen LogP contribution in [0.2, 0.25) is 0 Å². The number of aliphatic hydroxyl groups excluding tert-OH is 1. The van der Waals surface area contributed by atoms with Gasteiger partial charge in [-0.25, -0.2) is 4.79 Å². The van der Waals surface area contributed by atoms with Crippen LogP contribution in [0.4, 0.5) is 4.79 Å². The van der Waals surface area contributed by atoms with E-state index in [1.807, 2.05) is 0 Å². The van der Waals surface area contributed by atoms with E-state index < -0.39 is 0 Å². The molecule has 1 heterocycles. The van der Waals surface area contributed by atoms with Gasteiger partial charge < -0.3 is 20.5 Å². The van der Waals surface area contributed by atoms with E-state index in [9.17, 15) is 4.79 Å². The summed E-state index contributed by atoms with van der Waals surface area (Å²) < 4.78 is 4.82. The minimum atomic E-state index is -0.339. The Morgan fingerprint density at radius 1 is 1.69 bits per heavy atom. The molecule has 0 saturated carbocycles. The van der Waals surface area contributed by atoms with Gasteiger partial charge in [0.1, 0.15) is 0 Å². The minimum absolute atomic E-state index is 0.00981. The van der Waals surface area contributed by atoms with Crippen molar-refractivity contribution in [3.8, 4) is 0 Å². The van der Waals surface area contributed by atoms with E-state index in [1.54, 1.807) is 6.92 Å². The molecular weight excluding hydrogens is 172 g/mol. The van der Waals surface area contributed by atoms with E-state index in [-0.39, 0.29) is 24.7 Å². The molecule has 0 aromatic heterocycles. The van der Waals surface area contributed by atoms with Crippen molar-refractivity contribution in [1.82, 2.24) is 4.90 Å². The van der Waals surface area contributed by atoms with Crippen LogP contribution in [0.5, 0.6) is 0 Å². The summed E-state index contributed by atoms with van der Waals surface area (Å²) in [7, 11) is 0. The van der Waals surface area contributed by atoms with Crippen molar-refractivity contribution < 1.29 is 14.6 Å². The van der Waals surface area contributed by atoms with Gasteiger partial charge in [-0.15, -0.1) is 0 Å². The van der Waals surface area contributed by atoms with Crippen molar-refractivity contribution in [2.45, 2.75) is 13.0 Å². The average molecular weight is 188 g/mol. The fourth-order valence-corrected chi connectivity index (χ4v) is 1.45. The maximum absolute atomic E-state index is 11.2. The Bertz CT molecular complexity index is 186. The summed E-state index contributed by atoms with van der Waals surface area (Å²) in [6, 6.07) is -0.130. The van der Waals surface area contributed by atoms with E-state index in [0.29, 0.717) is 19.7 Å². The van der Waals surface area contributed by atoms with Crippen molar-refractivity contribution in [3.05, 3.63) is 0 Å². The van der Waals surface area contributed by atoms with Crippen LogP contribution in [0.3, 0.4) is 0 Å². The molecule has 1 rings (SSSR count). The Labute approximate surface area is 77.5 Å². The molecule has 76 valence electrons. The summed E-state index contributed by atoms with van der Waals surface area (Å²) in [4.78, 5) is 12.8. The lowest BCUT2D eigenvalue weighted by molar-refractivity contribution is 0.112. The van der Waals surface area contributed by atoms with Crippen LogP contribution in [0.15, 0.2) is 0 Å². The van der Waals surface area contributed by atoms with Crippen molar-refractivity contribution in [3.63, 3.8) is 0 Å². The van der Waals surface area contributed by atoms with Crippen LogP contribution in [0, 0.1) is 5.92 Å². The molecule has 13 heavy (non-hydrogen) atoms. The molecule has 5 nitrogen and oxygen atoms in total. The predicted octanol–water partition coefficient (Wildman–Crippen LogP) is -0.606. The van der Waals surface area contributed by atoms with Crippen LogP contribution < -0.4 is 5.73 Å².